The maximum atomic E-state index is 3.71. The molecule has 1 N–H and O–H groups in total. The summed E-state index contributed by atoms with van der Waals surface area (Å²) in [5, 5.41) is 3.71. The van der Waals surface area contributed by atoms with Gasteiger partial charge in [0.2, 0.25) is 0 Å². The lowest BCUT2D eigenvalue weighted by Crippen LogP contribution is -2.52. The van der Waals surface area contributed by atoms with Crippen molar-refractivity contribution in [1.82, 2.24) is 10.2 Å². The number of hydrogen-bond acceptors (Lipinski definition) is 2. The van der Waals surface area contributed by atoms with E-state index in [0.29, 0.717) is 0 Å². The van der Waals surface area contributed by atoms with Crippen LogP contribution in [0.15, 0.2) is 0 Å². The summed E-state index contributed by atoms with van der Waals surface area (Å²) < 4.78 is 0. The van der Waals surface area contributed by atoms with E-state index in [1.165, 1.54) is 71.1 Å². The first kappa shape index (κ1) is 11.0. The SMILES string of the molecule is C1CCC(CN2CCNC(C3CC3)C2)CC1. The quantitative estimate of drug-likeness (QED) is 0.788. The fraction of sp³-hybridized carbons (Fsp3) is 1.00. The molecule has 2 heteroatoms. The monoisotopic (exact) mass is 222 g/mol. The van der Waals surface area contributed by atoms with Gasteiger partial charge in [0.1, 0.15) is 0 Å². The Balaban J connectivity index is 1.46. The molecule has 0 spiro atoms. The van der Waals surface area contributed by atoms with E-state index in [1.54, 1.807) is 0 Å². The van der Waals surface area contributed by atoms with Crippen LogP contribution in [-0.4, -0.2) is 37.1 Å². The third-order valence-electron chi connectivity index (χ3n) is 4.72. The molecule has 2 saturated carbocycles. The maximum Gasteiger partial charge on any atom is 0.0223 e. The van der Waals surface area contributed by atoms with Gasteiger partial charge in [-0.2, -0.15) is 0 Å². The summed E-state index contributed by atoms with van der Waals surface area (Å²) in [5.41, 5.74) is 0. The van der Waals surface area contributed by atoms with Crippen LogP contribution in [0.3, 0.4) is 0 Å². The lowest BCUT2D eigenvalue weighted by atomic mass is 9.88. The minimum absolute atomic E-state index is 0.831. The first-order valence-corrected chi connectivity index (χ1v) is 7.37. The highest BCUT2D eigenvalue weighted by atomic mass is 15.2. The largest absolute Gasteiger partial charge is 0.311 e. The van der Waals surface area contributed by atoms with E-state index >= 15 is 0 Å². The van der Waals surface area contributed by atoms with Gasteiger partial charge in [-0.25, -0.2) is 0 Å². The Morgan fingerprint density at radius 2 is 1.81 bits per heavy atom. The zero-order valence-corrected chi connectivity index (χ0v) is 10.5. The van der Waals surface area contributed by atoms with E-state index < -0.39 is 0 Å². The summed E-state index contributed by atoms with van der Waals surface area (Å²) in [5.74, 6) is 2.04. The van der Waals surface area contributed by atoms with Crippen LogP contribution in [0.4, 0.5) is 0 Å². The Kier molecular flexibility index (Phi) is 3.49. The van der Waals surface area contributed by atoms with Crippen LogP contribution in [0.5, 0.6) is 0 Å². The van der Waals surface area contributed by atoms with Crippen LogP contribution in [-0.2, 0) is 0 Å². The summed E-state index contributed by atoms with van der Waals surface area (Å²) >= 11 is 0. The van der Waals surface area contributed by atoms with Crippen molar-refractivity contribution in [3.63, 3.8) is 0 Å². The third kappa shape index (κ3) is 2.78. The average molecular weight is 222 g/mol. The Morgan fingerprint density at radius 3 is 2.56 bits per heavy atom. The van der Waals surface area contributed by atoms with E-state index in [2.05, 4.69) is 10.2 Å². The molecule has 0 bridgehead atoms. The standard InChI is InChI=1S/C14H26N2/c1-2-4-12(5-3-1)10-16-9-8-15-14(11-16)13-6-7-13/h12-15H,1-11H2. The Morgan fingerprint density at radius 1 is 1.00 bits per heavy atom. The molecule has 2 nitrogen and oxygen atoms in total. The maximum absolute atomic E-state index is 3.71. The minimum Gasteiger partial charge on any atom is -0.311 e. The molecule has 2 aliphatic carbocycles. The molecule has 0 radical (unpaired) electrons. The van der Waals surface area contributed by atoms with Gasteiger partial charge < -0.3 is 10.2 Å². The van der Waals surface area contributed by atoms with Gasteiger partial charge in [-0.05, 0) is 37.5 Å². The van der Waals surface area contributed by atoms with E-state index in [9.17, 15) is 0 Å². The number of nitrogens with one attached hydrogen (secondary N) is 1. The van der Waals surface area contributed by atoms with Gasteiger partial charge in [-0.1, -0.05) is 19.3 Å². The van der Waals surface area contributed by atoms with Crippen molar-refractivity contribution in [2.75, 3.05) is 26.2 Å². The van der Waals surface area contributed by atoms with Crippen LogP contribution in [0.1, 0.15) is 44.9 Å². The second-order valence-electron chi connectivity index (χ2n) is 6.16. The molecule has 3 aliphatic rings. The molecule has 0 aromatic rings. The van der Waals surface area contributed by atoms with Crippen molar-refractivity contribution < 1.29 is 0 Å². The highest BCUT2D eigenvalue weighted by Gasteiger charge is 2.34. The zero-order valence-electron chi connectivity index (χ0n) is 10.5. The molecule has 1 atom stereocenters. The molecule has 0 aromatic heterocycles. The van der Waals surface area contributed by atoms with Crippen molar-refractivity contribution in [2.24, 2.45) is 11.8 Å². The van der Waals surface area contributed by atoms with Gasteiger partial charge in [-0.3, -0.25) is 0 Å². The average Bonchev–Trinajstić information content (AvgIpc) is 3.15. The van der Waals surface area contributed by atoms with E-state index in [4.69, 9.17) is 0 Å². The van der Waals surface area contributed by atoms with Gasteiger partial charge in [0.25, 0.3) is 0 Å². The lowest BCUT2D eigenvalue weighted by Gasteiger charge is -2.36. The Labute approximate surface area is 99.8 Å². The second kappa shape index (κ2) is 5.05. The predicted molar refractivity (Wildman–Crippen MR) is 67.5 cm³/mol. The predicted octanol–water partition coefficient (Wildman–Crippen LogP) is 2.25. The molecule has 1 aliphatic heterocycles. The molecule has 3 fully saturated rings. The lowest BCUT2D eigenvalue weighted by molar-refractivity contribution is 0.149. The molecule has 0 amide bonds. The highest BCUT2D eigenvalue weighted by molar-refractivity contribution is 4.91. The van der Waals surface area contributed by atoms with Gasteiger partial charge in [-0.15, -0.1) is 0 Å². The van der Waals surface area contributed by atoms with Gasteiger partial charge in [0.15, 0.2) is 0 Å². The van der Waals surface area contributed by atoms with Crippen LogP contribution < -0.4 is 5.32 Å². The molecule has 92 valence electrons. The van der Waals surface area contributed by atoms with E-state index in [0.717, 1.165) is 17.9 Å². The smallest absolute Gasteiger partial charge is 0.0223 e. The fourth-order valence-electron chi connectivity index (χ4n) is 3.56. The second-order valence-corrected chi connectivity index (χ2v) is 6.16. The van der Waals surface area contributed by atoms with Crippen molar-refractivity contribution in [3.8, 4) is 0 Å². The minimum atomic E-state index is 0.831. The molecule has 1 heterocycles. The first-order valence-electron chi connectivity index (χ1n) is 7.37. The zero-order chi connectivity index (χ0) is 10.8. The molecule has 3 rings (SSSR count). The van der Waals surface area contributed by atoms with Crippen LogP contribution >= 0.6 is 0 Å². The van der Waals surface area contributed by atoms with E-state index in [-0.39, 0.29) is 0 Å². The van der Waals surface area contributed by atoms with Crippen molar-refractivity contribution >= 4 is 0 Å². The number of piperazine rings is 1. The summed E-state index contributed by atoms with van der Waals surface area (Å²) in [7, 11) is 0. The van der Waals surface area contributed by atoms with Gasteiger partial charge in [0, 0.05) is 32.2 Å². The Hall–Kier alpha value is -0.0800. The van der Waals surface area contributed by atoms with Crippen molar-refractivity contribution in [1.29, 1.82) is 0 Å². The fourth-order valence-corrected chi connectivity index (χ4v) is 3.56. The summed E-state index contributed by atoms with van der Waals surface area (Å²) in [6.07, 6.45) is 10.4. The Bertz CT molecular complexity index is 219. The van der Waals surface area contributed by atoms with Crippen LogP contribution in [0.2, 0.25) is 0 Å². The van der Waals surface area contributed by atoms with Gasteiger partial charge in [0.05, 0.1) is 0 Å². The summed E-state index contributed by atoms with van der Waals surface area (Å²) in [6.45, 7) is 5.25. The molecule has 1 unspecified atom stereocenters. The number of nitrogens with zero attached hydrogens (tertiary/aromatic N) is 1. The molecular formula is C14H26N2. The normalized spacial score (nSPS) is 34.1. The van der Waals surface area contributed by atoms with E-state index in [1.807, 2.05) is 0 Å². The molecule has 1 saturated heterocycles. The van der Waals surface area contributed by atoms with Crippen molar-refractivity contribution in [2.45, 2.75) is 51.0 Å². The number of rotatable bonds is 3. The van der Waals surface area contributed by atoms with Crippen LogP contribution in [0, 0.1) is 11.8 Å². The van der Waals surface area contributed by atoms with Crippen molar-refractivity contribution in [3.05, 3.63) is 0 Å². The number of hydrogen-bond donors (Lipinski definition) is 1. The molecular weight excluding hydrogens is 196 g/mol. The third-order valence-corrected chi connectivity index (χ3v) is 4.72. The highest BCUT2D eigenvalue weighted by Crippen LogP contribution is 2.34. The first-order chi connectivity index (χ1) is 7.92. The molecule has 16 heavy (non-hydrogen) atoms. The summed E-state index contributed by atoms with van der Waals surface area (Å²) in [6, 6.07) is 0.831. The summed E-state index contributed by atoms with van der Waals surface area (Å²) in [4.78, 5) is 2.75. The molecule has 0 aromatic carbocycles. The van der Waals surface area contributed by atoms with Crippen LogP contribution in [0.25, 0.3) is 0 Å². The topological polar surface area (TPSA) is 15.3 Å². The van der Waals surface area contributed by atoms with Gasteiger partial charge >= 0.3 is 0 Å².